The first-order chi connectivity index (χ1) is 7.39. The molecule has 90 valence electrons. The molecule has 1 rings (SSSR count). The van der Waals surface area contributed by atoms with Crippen LogP contribution < -0.4 is 5.73 Å². The van der Waals surface area contributed by atoms with Crippen molar-refractivity contribution in [3.8, 4) is 0 Å². The summed E-state index contributed by atoms with van der Waals surface area (Å²) >= 11 is 0. The summed E-state index contributed by atoms with van der Waals surface area (Å²) in [6.07, 6.45) is 5.57. The molecule has 0 amide bonds. The zero-order valence-electron chi connectivity index (χ0n) is 10.5. The minimum atomic E-state index is -0.461. The Morgan fingerprint density at radius 1 is 1.56 bits per heavy atom. The summed E-state index contributed by atoms with van der Waals surface area (Å²) in [6.45, 7) is 5.77. The molecule has 0 spiro atoms. The molecule has 16 heavy (non-hydrogen) atoms. The fourth-order valence-corrected chi connectivity index (χ4v) is 1.77. The van der Waals surface area contributed by atoms with Gasteiger partial charge >= 0.3 is 0 Å². The van der Waals surface area contributed by atoms with Gasteiger partial charge in [0.15, 0.2) is 5.78 Å². The lowest BCUT2D eigenvalue weighted by atomic mass is 9.92. The van der Waals surface area contributed by atoms with Crippen LogP contribution in [0.15, 0.2) is 11.1 Å². The second kappa shape index (κ2) is 4.91. The Morgan fingerprint density at radius 3 is 2.50 bits per heavy atom. The number of rotatable bonds is 6. The van der Waals surface area contributed by atoms with Crippen molar-refractivity contribution in [1.29, 1.82) is 5.41 Å². The van der Waals surface area contributed by atoms with Gasteiger partial charge in [0, 0.05) is 11.8 Å². The van der Waals surface area contributed by atoms with E-state index in [0.29, 0.717) is 5.41 Å². The van der Waals surface area contributed by atoms with Crippen molar-refractivity contribution in [3.05, 3.63) is 11.1 Å². The average molecular weight is 222 g/mol. The molecule has 3 N–H and O–H groups in total. The summed E-state index contributed by atoms with van der Waals surface area (Å²) in [4.78, 5) is 11.9. The van der Waals surface area contributed by atoms with E-state index in [9.17, 15) is 4.79 Å². The molecule has 0 aromatic carbocycles. The summed E-state index contributed by atoms with van der Waals surface area (Å²) in [5.74, 6) is -0.00903. The number of carbonyl (C=O) groups excluding carboxylic acids is 1. The van der Waals surface area contributed by atoms with Gasteiger partial charge in [0.2, 0.25) is 0 Å². The number of allylic oxidation sites excluding steroid dienone is 1. The molecule has 0 saturated heterocycles. The van der Waals surface area contributed by atoms with E-state index < -0.39 is 6.04 Å². The highest BCUT2D eigenvalue weighted by Gasteiger charge is 2.37. The Hall–Kier alpha value is -0.960. The number of ketones is 1. The van der Waals surface area contributed by atoms with Crippen molar-refractivity contribution in [3.63, 3.8) is 0 Å². The normalized spacial score (nSPS) is 21.0. The molecule has 1 unspecified atom stereocenters. The van der Waals surface area contributed by atoms with Gasteiger partial charge in [-0.15, -0.1) is 0 Å². The van der Waals surface area contributed by atoms with Crippen LogP contribution in [0.5, 0.6) is 0 Å². The van der Waals surface area contributed by atoms with E-state index in [0.717, 1.165) is 24.0 Å². The summed E-state index contributed by atoms with van der Waals surface area (Å²) in [7, 11) is 0. The molecule has 1 fully saturated rings. The molecule has 0 bridgehead atoms. The monoisotopic (exact) mass is 222 g/mol. The number of nitrogens with one attached hydrogen (secondary N) is 1. The minimum Gasteiger partial charge on any atom is -0.321 e. The first kappa shape index (κ1) is 13.1. The Balaban J connectivity index is 2.72. The highest BCUT2D eigenvalue weighted by Crippen LogP contribution is 2.49. The van der Waals surface area contributed by atoms with E-state index in [4.69, 9.17) is 11.1 Å². The van der Waals surface area contributed by atoms with Crippen LogP contribution in [0.4, 0.5) is 0 Å². The van der Waals surface area contributed by atoms with Gasteiger partial charge in [-0.2, -0.15) is 0 Å². The van der Waals surface area contributed by atoms with Gasteiger partial charge in [-0.05, 0) is 50.5 Å². The van der Waals surface area contributed by atoms with Gasteiger partial charge < -0.3 is 11.1 Å². The molecule has 3 nitrogen and oxygen atoms in total. The first-order valence-corrected chi connectivity index (χ1v) is 5.90. The number of hydrogen-bond acceptors (Lipinski definition) is 3. The zero-order chi connectivity index (χ0) is 12.3. The standard InChI is InChI=1S/C13H22N2O/c1-9(8-14)11(12(16)10(2)15)4-5-13(3)6-7-13/h8,10,14H,4-7,15H2,1-3H3/b11-9-,14-8?. The number of nitrogens with two attached hydrogens (primary N) is 1. The lowest BCUT2D eigenvalue weighted by Gasteiger charge is -2.14. The maximum atomic E-state index is 11.9. The minimum absolute atomic E-state index is 0.00903. The Labute approximate surface area is 97.6 Å². The molecule has 1 atom stereocenters. The zero-order valence-corrected chi connectivity index (χ0v) is 10.5. The topological polar surface area (TPSA) is 66.9 Å². The quantitative estimate of drug-likeness (QED) is 0.535. The van der Waals surface area contributed by atoms with E-state index in [2.05, 4.69) is 6.92 Å². The van der Waals surface area contributed by atoms with Gasteiger partial charge in [0.05, 0.1) is 6.04 Å². The smallest absolute Gasteiger partial charge is 0.175 e. The Kier molecular flexibility index (Phi) is 4.03. The number of carbonyl (C=O) groups is 1. The van der Waals surface area contributed by atoms with Crippen LogP contribution in [0, 0.1) is 10.8 Å². The number of hydrogen-bond donors (Lipinski definition) is 2. The SMILES string of the molecule is C/C(C=N)=C(\CCC1(C)CC1)C(=O)C(C)N. The van der Waals surface area contributed by atoms with Crippen molar-refractivity contribution >= 4 is 12.0 Å². The molecular weight excluding hydrogens is 200 g/mol. The second-order valence-electron chi connectivity index (χ2n) is 5.27. The Bertz CT molecular complexity index is 325. The first-order valence-electron chi connectivity index (χ1n) is 5.90. The molecule has 1 saturated carbocycles. The van der Waals surface area contributed by atoms with Crippen LogP contribution in [0.1, 0.15) is 46.5 Å². The van der Waals surface area contributed by atoms with Crippen molar-refractivity contribution < 1.29 is 4.79 Å². The molecule has 0 aromatic heterocycles. The van der Waals surface area contributed by atoms with E-state index in [1.807, 2.05) is 6.92 Å². The van der Waals surface area contributed by atoms with Gasteiger partial charge in [0.25, 0.3) is 0 Å². The summed E-state index contributed by atoms with van der Waals surface area (Å²) in [5.41, 5.74) is 7.57. The van der Waals surface area contributed by atoms with Crippen LogP contribution in [0.2, 0.25) is 0 Å². The molecule has 1 aliphatic rings. The number of Topliss-reactive ketones (excluding diaryl/α,β-unsaturated/α-hetero) is 1. The molecule has 1 aliphatic carbocycles. The molecule has 0 aromatic rings. The largest absolute Gasteiger partial charge is 0.321 e. The lowest BCUT2D eigenvalue weighted by molar-refractivity contribution is -0.116. The van der Waals surface area contributed by atoms with Crippen LogP contribution in [-0.2, 0) is 4.79 Å². The average Bonchev–Trinajstić information content (AvgIpc) is 2.96. The fourth-order valence-electron chi connectivity index (χ4n) is 1.77. The highest BCUT2D eigenvalue weighted by atomic mass is 16.1. The summed E-state index contributed by atoms with van der Waals surface area (Å²) in [5, 5.41) is 7.25. The van der Waals surface area contributed by atoms with Crippen molar-refractivity contribution in [1.82, 2.24) is 0 Å². The van der Waals surface area contributed by atoms with Crippen LogP contribution in [0.3, 0.4) is 0 Å². The van der Waals surface area contributed by atoms with E-state index in [1.165, 1.54) is 19.1 Å². The summed E-state index contributed by atoms with van der Waals surface area (Å²) < 4.78 is 0. The van der Waals surface area contributed by atoms with Crippen molar-refractivity contribution in [2.24, 2.45) is 11.1 Å². The molecule has 0 radical (unpaired) electrons. The summed E-state index contributed by atoms with van der Waals surface area (Å²) in [6, 6.07) is -0.461. The van der Waals surface area contributed by atoms with Gasteiger partial charge in [0.1, 0.15) is 0 Å². The fraction of sp³-hybridized carbons (Fsp3) is 0.692. The maximum absolute atomic E-state index is 11.9. The predicted octanol–water partition coefficient (Wildman–Crippen LogP) is 2.45. The van der Waals surface area contributed by atoms with E-state index in [1.54, 1.807) is 6.92 Å². The van der Waals surface area contributed by atoms with Crippen molar-refractivity contribution in [2.75, 3.05) is 0 Å². The van der Waals surface area contributed by atoms with Crippen LogP contribution in [-0.4, -0.2) is 18.0 Å². The lowest BCUT2D eigenvalue weighted by Crippen LogP contribution is -2.29. The maximum Gasteiger partial charge on any atom is 0.175 e. The van der Waals surface area contributed by atoms with Gasteiger partial charge in [-0.25, -0.2) is 0 Å². The third-order valence-electron chi connectivity index (χ3n) is 3.49. The third-order valence-corrected chi connectivity index (χ3v) is 3.49. The second-order valence-corrected chi connectivity index (χ2v) is 5.27. The molecule has 0 aliphatic heterocycles. The molecular formula is C13H22N2O. The molecule has 0 heterocycles. The van der Waals surface area contributed by atoms with Crippen LogP contribution >= 0.6 is 0 Å². The van der Waals surface area contributed by atoms with Crippen LogP contribution in [0.25, 0.3) is 0 Å². The molecule has 3 heteroatoms. The van der Waals surface area contributed by atoms with Gasteiger partial charge in [-0.1, -0.05) is 6.92 Å². The van der Waals surface area contributed by atoms with E-state index >= 15 is 0 Å². The Morgan fingerprint density at radius 2 is 2.12 bits per heavy atom. The van der Waals surface area contributed by atoms with Crippen molar-refractivity contribution in [2.45, 2.75) is 52.5 Å². The third kappa shape index (κ3) is 3.27. The highest BCUT2D eigenvalue weighted by molar-refractivity contribution is 6.03. The predicted molar refractivity (Wildman–Crippen MR) is 66.7 cm³/mol. The van der Waals surface area contributed by atoms with Gasteiger partial charge in [-0.3, -0.25) is 4.79 Å². The van der Waals surface area contributed by atoms with E-state index in [-0.39, 0.29) is 5.78 Å².